The van der Waals surface area contributed by atoms with Crippen molar-refractivity contribution in [1.29, 1.82) is 0 Å². The average molecular weight is 340 g/mol. The topological polar surface area (TPSA) is 29.5 Å². The summed E-state index contributed by atoms with van der Waals surface area (Å²) in [6.45, 7) is 3.60. The Hall–Kier alpha value is -0.710. The smallest absolute Gasteiger partial charge is 0.164 e. The summed E-state index contributed by atoms with van der Waals surface area (Å²) in [5.74, 6) is 0.827. The van der Waals surface area contributed by atoms with Gasteiger partial charge in [0.2, 0.25) is 0 Å². The van der Waals surface area contributed by atoms with Crippen LogP contribution in [0.3, 0.4) is 0 Å². The van der Waals surface area contributed by atoms with E-state index in [0.29, 0.717) is 12.3 Å². The third-order valence-corrected chi connectivity index (χ3v) is 4.18. The Balaban J connectivity index is 1.75. The van der Waals surface area contributed by atoms with E-state index in [9.17, 15) is 4.79 Å². The highest BCUT2D eigenvalue weighted by atomic mass is 79.9. The Morgan fingerprint density at radius 2 is 2.35 bits per heavy atom. The summed E-state index contributed by atoms with van der Waals surface area (Å²) in [6, 6.07) is 7.60. The Bertz CT molecular complexity index is 444. The molecule has 2 rings (SSSR count). The summed E-state index contributed by atoms with van der Waals surface area (Å²) in [4.78, 5) is 14.4. The maximum Gasteiger partial charge on any atom is 0.164 e. The molecule has 1 atom stereocenters. The number of halogens is 1. The van der Waals surface area contributed by atoms with Gasteiger partial charge in [-0.3, -0.25) is 4.79 Å². The second kappa shape index (κ2) is 7.91. The van der Waals surface area contributed by atoms with E-state index in [-0.39, 0.29) is 5.78 Å². The molecule has 0 N–H and O–H groups in total. The lowest BCUT2D eigenvalue weighted by Gasteiger charge is -2.26. The summed E-state index contributed by atoms with van der Waals surface area (Å²) in [5, 5.41) is 0. The first-order valence-electron chi connectivity index (χ1n) is 7.20. The van der Waals surface area contributed by atoms with Gasteiger partial charge >= 0.3 is 0 Å². The van der Waals surface area contributed by atoms with Gasteiger partial charge < -0.3 is 9.64 Å². The zero-order chi connectivity index (χ0) is 14.4. The van der Waals surface area contributed by atoms with E-state index >= 15 is 0 Å². The minimum Gasteiger partial charge on any atom is -0.381 e. The first kappa shape index (κ1) is 15.7. The Morgan fingerprint density at radius 1 is 1.50 bits per heavy atom. The van der Waals surface area contributed by atoms with Crippen molar-refractivity contribution in [2.45, 2.75) is 19.3 Å². The van der Waals surface area contributed by atoms with Gasteiger partial charge in [0.05, 0.1) is 6.61 Å². The van der Waals surface area contributed by atoms with Crippen LogP contribution >= 0.6 is 15.9 Å². The van der Waals surface area contributed by atoms with Gasteiger partial charge in [0, 0.05) is 36.2 Å². The number of carbonyl (C=O) groups excluding carboxylic acids is 1. The highest BCUT2D eigenvalue weighted by Gasteiger charge is 2.16. The number of carbonyl (C=O) groups is 1. The monoisotopic (exact) mass is 339 g/mol. The summed E-state index contributed by atoms with van der Waals surface area (Å²) in [7, 11) is 2.09. The lowest BCUT2D eigenvalue weighted by molar-refractivity contribution is 0.0418. The van der Waals surface area contributed by atoms with Crippen LogP contribution in [-0.2, 0) is 4.74 Å². The first-order valence-corrected chi connectivity index (χ1v) is 7.99. The fourth-order valence-corrected chi connectivity index (χ4v) is 2.98. The van der Waals surface area contributed by atoms with Gasteiger partial charge in [-0.15, -0.1) is 0 Å². The van der Waals surface area contributed by atoms with E-state index in [2.05, 4.69) is 27.9 Å². The van der Waals surface area contributed by atoms with Crippen LogP contribution in [0.2, 0.25) is 0 Å². The van der Waals surface area contributed by atoms with Gasteiger partial charge in [-0.05, 0) is 37.9 Å². The van der Waals surface area contributed by atoms with Crippen LogP contribution in [0.25, 0.3) is 0 Å². The molecule has 20 heavy (non-hydrogen) atoms. The van der Waals surface area contributed by atoms with Crippen molar-refractivity contribution < 1.29 is 9.53 Å². The molecule has 0 amide bonds. The molecule has 1 aliphatic rings. The number of hydrogen-bond acceptors (Lipinski definition) is 3. The van der Waals surface area contributed by atoms with E-state index < -0.39 is 0 Å². The SMILES string of the molecule is CN(CCC(=O)c1cccc(Br)c1)CC1CCCOC1. The van der Waals surface area contributed by atoms with Crippen molar-refractivity contribution in [2.75, 3.05) is 33.4 Å². The highest BCUT2D eigenvalue weighted by molar-refractivity contribution is 9.10. The summed E-state index contributed by atoms with van der Waals surface area (Å²) in [5.41, 5.74) is 0.786. The first-order chi connectivity index (χ1) is 9.65. The van der Waals surface area contributed by atoms with Gasteiger partial charge in [0.15, 0.2) is 5.78 Å². The summed E-state index contributed by atoms with van der Waals surface area (Å²) in [6.07, 6.45) is 2.97. The minimum absolute atomic E-state index is 0.207. The molecule has 3 nitrogen and oxygen atoms in total. The molecular weight excluding hydrogens is 318 g/mol. The predicted molar refractivity (Wildman–Crippen MR) is 84.1 cm³/mol. The molecule has 0 radical (unpaired) electrons. The number of ether oxygens (including phenoxy) is 1. The molecule has 0 bridgehead atoms. The Morgan fingerprint density at radius 3 is 3.05 bits per heavy atom. The van der Waals surface area contributed by atoms with Gasteiger partial charge in [-0.25, -0.2) is 0 Å². The molecule has 0 saturated carbocycles. The molecule has 110 valence electrons. The fourth-order valence-electron chi connectivity index (χ4n) is 2.58. The molecule has 0 aliphatic carbocycles. The molecule has 4 heteroatoms. The van der Waals surface area contributed by atoms with Gasteiger partial charge in [-0.1, -0.05) is 28.1 Å². The van der Waals surface area contributed by atoms with Gasteiger partial charge in [0.25, 0.3) is 0 Å². The standard InChI is InChI=1S/C16H22BrNO2/c1-18(11-13-4-3-9-20-12-13)8-7-16(19)14-5-2-6-15(17)10-14/h2,5-6,10,13H,3-4,7-9,11-12H2,1H3. The zero-order valence-corrected chi connectivity index (χ0v) is 13.6. The third-order valence-electron chi connectivity index (χ3n) is 3.69. The van der Waals surface area contributed by atoms with Crippen molar-refractivity contribution in [1.82, 2.24) is 4.90 Å². The maximum atomic E-state index is 12.1. The molecule has 1 aromatic carbocycles. The fraction of sp³-hybridized carbons (Fsp3) is 0.562. The zero-order valence-electron chi connectivity index (χ0n) is 12.0. The minimum atomic E-state index is 0.207. The summed E-state index contributed by atoms with van der Waals surface area (Å²) < 4.78 is 6.45. The lowest BCUT2D eigenvalue weighted by atomic mass is 10.0. The molecule has 1 saturated heterocycles. The normalized spacial score (nSPS) is 19.2. The van der Waals surface area contributed by atoms with Crippen molar-refractivity contribution >= 4 is 21.7 Å². The number of hydrogen-bond donors (Lipinski definition) is 0. The molecule has 1 unspecified atom stereocenters. The molecule has 0 aromatic heterocycles. The second-order valence-corrected chi connectivity index (χ2v) is 6.44. The molecule has 1 aromatic rings. The number of benzene rings is 1. The van der Waals surface area contributed by atoms with Crippen LogP contribution in [0.1, 0.15) is 29.6 Å². The lowest BCUT2D eigenvalue weighted by Crippen LogP contribution is -2.32. The quantitative estimate of drug-likeness (QED) is 0.744. The number of ketones is 1. The Labute approximate surface area is 129 Å². The van der Waals surface area contributed by atoms with E-state index in [1.807, 2.05) is 24.3 Å². The highest BCUT2D eigenvalue weighted by Crippen LogP contribution is 2.16. The molecule has 1 aliphatic heterocycles. The van der Waals surface area contributed by atoms with Crippen molar-refractivity contribution in [2.24, 2.45) is 5.92 Å². The Kier molecular flexibility index (Phi) is 6.20. The van der Waals surface area contributed by atoms with Crippen LogP contribution in [-0.4, -0.2) is 44.0 Å². The van der Waals surface area contributed by atoms with Crippen LogP contribution in [0.5, 0.6) is 0 Å². The number of rotatable bonds is 6. The molecular formula is C16H22BrNO2. The van der Waals surface area contributed by atoms with E-state index in [4.69, 9.17) is 4.74 Å². The van der Waals surface area contributed by atoms with E-state index in [1.54, 1.807) is 0 Å². The van der Waals surface area contributed by atoms with Crippen molar-refractivity contribution in [3.63, 3.8) is 0 Å². The largest absolute Gasteiger partial charge is 0.381 e. The number of Topliss-reactive ketones (excluding diaryl/α,β-unsaturated/α-hetero) is 1. The second-order valence-electron chi connectivity index (χ2n) is 5.53. The molecule has 0 spiro atoms. The third kappa shape index (κ3) is 5.00. The summed E-state index contributed by atoms with van der Waals surface area (Å²) >= 11 is 3.40. The van der Waals surface area contributed by atoms with E-state index in [0.717, 1.165) is 42.8 Å². The maximum absolute atomic E-state index is 12.1. The number of nitrogens with zero attached hydrogens (tertiary/aromatic N) is 1. The van der Waals surface area contributed by atoms with Crippen LogP contribution < -0.4 is 0 Å². The van der Waals surface area contributed by atoms with Crippen LogP contribution in [0.15, 0.2) is 28.7 Å². The van der Waals surface area contributed by atoms with Gasteiger partial charge in [-0.2, -0.15) is 0 Å². The molecule has 1 heterocycles. The predicted octanol–water partition coefficient (Wildman–Crippen LogP) is 3.38. The average Bonchev–Trinajstić information content (AvgIpc) is 2.46. The van der Waals surface area contributed by atoms with E-state index in [1.165, 1.54) is 6.42 Å². The van der Waals surface area contributed by atoms with Crippen molar-refractivity contribution in [3.8, 4) is 0 Å². The van der Waals surface area contributed by atoms with Crippen molar-refractivity contribution in [3.05, 3.63) is 34.3 Å². The van der Waals surface area contributed by atoms with Gasteiger partial charge in [0.1, 0.15) is 0 Å². The van der Waals surface area contributed by atoms with Crippen LogP contribution in [0.4, 0.5) is 0 Å². The molecule has 1 fully saturated rings. The van der Waals surface area contributed by atoms with Crippen LogP contribution in [0, 0.1) is 5.92 Å².